The molecule has 0 bridgehead atoms. The molecule has 3 atom stereocenters. The predicted molar refractivity (Wildman–Crippen MR) is 148 cm³/mol. The van der Waals surface area contributed by atoms with Crippen molar-refractivity contribution in [2.75, 3.05) is 10.6 Å². The number of nitrogens with one attached hydrogen (secondary N) is 2. The molecule has 6 nitrogen and oxygen atoms in total. The number of carboxylic acid groups (broad SMARTS) is 1. The minimum absolute atomic E-state index is 0.120. The Bertz CT molecular complexity index is 1300. The number of carboxylic acids is 1. The molecule has 0 aliphatic heterocycles. The minimum Gasteiger partial charge on any atom is -0.481 e. The summed E-state index contributed by atoms with van der Waals surface area (Å²) < 4.78 is 0. The van der Waals surface area contributed by atoms with E-state index in [2.05, 4.69) is 10.6 Å². The van der Waals surface area contributed by atoms with Crippen molar-refractivity contribution in [2.24, 2.45) is 11.8 Å². The summed E-state index contributed by atoms with van der Waals surface area (Å²) in [6, 6.07) is 22.8. The Morgan fingerprint density at radius 1 is 0.865 bits per heavy atom. The van der Waals surface area contributed by atoms with Crippen molar-refractivity contribution >= 4 is 40.9 Å². The quantitative estimate of drug-likeness (QED) is 0.239. The number of hydrogen-bond donors (Lipinski definition) is 3. The molecule has 2 amide bonds. The first-order chi connectivity index (χ1) is 17.8. The van der Waals surface area contributed by atoms with Crippen LogP contribution in [0, 0.1) is 25.7 Å². The monoisotopic (exact) mass is 514 g/mol. The van der Waals surface area contributed by atoms with E-state index in [0.29, 0.717) is 18.5 Å². The highest BCUT2D eigenvalue weighted by Gasteiger charge is 2.34. The maximum Gasteiger partial charge on any atom is 0.307 e. The highest BCUT2D eigenvalue weighted by molar-refractivity contribution is 8.00. The van der Waals surface area contributed by atoms with Crippen molar-refractivity contribution in [1.82, 2.24) is 0 Å². The van der Waals surface area contributed by atoms with E-state index in [9.17, 15) is 19.5 Å². The molecule has 0 saturated heterocycles. The van der Waals surface area contributed by atoms with Crippen LogP contribution in [-0.2, 0) is 14.4 Å². The van der Waals surface area contributed by atoms with Gasteiger partial charge in [0.1, 0.15) is 5.25 Å². The lowest BCUT2D eigenvalue weighted by Gasteiger charge is -2.24. The summed E-state index contributed by atoms with van der Waals surface area (Å²) in [5.41, 5.74) is 4.40. The van der Waals surface area contributed by atoms with Crippen LogP contribution in [0.4, 0.5) is 11.4 Å². The molecule has 0 saturated carbocycles. The molecular weight excluding hydrogens is 484 g/mol. The molecule has 1 aliphatic carbocycles. The molecule has 7 heteroatoms. The van der Waals surface area contributed by atoms with Gasteiger partial charge >= 0.3 is 5.97 Å². The molecule has 3 unspecified atom stereocenters. The molecule has 1 aliphatic rings. The molecule has 0 aromatic heterocycles. The van der Waals surface area contributed by atoms with Gasteiger partial charge in [0, 0.05) is 16.3 Å². The van der Waals surface area contributed by atoms with Crippen LogP contribution in [-0.4, -0.2) is 22.9 Å². The Balaban J connectivity index is 1.47. The second kappa shape index (κ2) is 11.9. The van der Waals surface area contributed by atoms with Gasteiger partial charge in [-0.25, -0.2) is 0 Å². The van der Waals surface area contributed by atoms with Gasteiger partial charge in [0.15, 0.2) is 0 Å². The molecule has 0 radical (unpaired) electrons. The van der Waals surface area contributed by atoms with E-state index < -0.39 is 23.1 Å². The Labute approximate surface area is 221 Å². The normalized spacial score (nSPS) is 17.6. The van der Waals surface area contributed by atoms with E-state index >= 15 is 0 Å². The Kier molecular flexibility index (Phi) is 8.46. The van der Waals surface area contributed by atoms with Crippen LogP contribution < -0.4 is 10.6 Å². The van der Waals surface area contributed by atoms with Crippen molar-refractivity contribution in [2.45, 2.75) is 36.8 Å². The summed E-state index contributed by atoms with van der Waals surface area (Å²) in [6.07, 6.45) is 4.43. The number of aryl methyl sites for hydroxylation is 2. The summed E-state index contributed by atoms with van der Waals surface area (Å²) in [4.78, 5) is 38.6. The number of benzene rings is 3. The molecule has 4 rings (SSSR count). The standard InChI is InChI=1S/C30H30N2O4S/c1-19-12-17-26(20(2)18-19)32-29(34)27(21-8-4-3-5-9-21)37-23-15-13-22(14-16-23)31-28(33)24-10-6-7-11-25(24)30(35)36/h3-9,12-18,24-25,27H,10-11H2,1-2H3,(H,31,33)(H,32,34)(H,35,36). The second-order valence-corrected chi connectivity index (χ2v) is 10.4. The van der Waals surface area contributed by atoms with Crippen molar-refractivity contribution in [3.05, 3.63) is 102 Å². The van der Waals surface area contributed by atoms with Crippen LogP contribution in [0.1, 0.15) is 34.8 Å². The van der Waals surface area contributed by atoms with Gasteiger partial charge in [-0.1, -0.05) is 60.2 Å². The molecule has 0 spiro atoms. The summed E-state index contributed by atoms with van der Waals surface area (Å²) in [7, 11) is 0. The number of aliphatic carboxylic acids is 1. The zero-order valence-electron chi connectivity index (χ0n) is 20.8. The smallest absolute Gasteiger partial charge is 0.307 e. The molecular formula is C30H30N2O4S. The number of carbonyl (C=O) groups is 3. The third-order valence-electron chi connectivity index (χ3n) is 6.44. The lowest BCUT2D eigenvalue weighted by atomic mass is 9.82. The number of carbonyl (C=O) groups excluding carboxylic acids is 2. The lowest BCUT2D eigenvalue weighted by molar-refractivity contribution is -0.146. The van der Waals surface area contributed by atoms with Crippen LogP contribution in [0.15, 0.2) is 89.8 Å². The van der Waals surface area contributed by atoms with Gasteiger partial charge in [0.25, 0.3) is 0 Å². The highest BCUT2D eigenvalue weighted by Crippen LogP contribution is 2.37. The molecule has 0 fully saturated rings. The summed E-state index contributed by atoms with van der Waals surface area (Å²) >= 11 is 1.43. The van der Waals surface area contributed by atoms with Gasteiger partial charge in [0.05, 0.1) is 11.8 Å². The van der Waals surface area contributed by atoms with Crippen LogP contribution in [0.3, 0.4) is 0 Å². The fourth-order valence-electron chi connectivity index (χ4n) is 4.42. The average Bonchev–Trinajstić information content (AvgIpc) is 2.90. The van der Waals surface area contributed by atoms with Gasteiger partial charge < -0.3 is 15.7 Å². The topological polar surface area (TPSA) is 95.5 Å². The van der Waals surface area contributed by atoms with Crippen LogP contribution in [0.5, 0.6) is 0 Å². The first kappa shape index (κ1) is 26.2. The zero-order chi connectivity index (χ0) is 26.4. The van der Waals surface area contributed by atoms with E-state index in [1.165, 1.54) is 11.8 Å². The third-order valence-corrected chi connectivity index (χ3v) is 7.71. The number of hydrogen-bond acceptors (Lipinski definition) is 4. The van der Waals surface area contributed by atoms with E-state index in [-0.39, 0.29) is 11.8 Å². The minimum atomic E-state index is -0.956. The number of rotatable bonds is 8. The van der Waals surface area contributed by atoms with Crippen LogP contribution in [0.2, 0.25) is 0 Å². The zero-order valence-corrected chi connectivity index (χ0v) is 21.6. The maximum absolute atomic E-state index is 13.4. The summed E-state index contributed by atoms with van der Waals surface area (Å²) in [5.74, 6) is -2.70. The number of allylic oxidation sites excluding steroid dienone is 2. The molecule has 37 heavy (non-hydrogen) atoms. The van der Waals surface area contributed by atoms with Gasteiger partial charge in [-0.3, -0.25) is 14.4 Å². The Morgan fingerprint density at radius 2 is 1.54 bits per heavy atom. The SMILES string of the molecule is Cc1ccc(NC(=O)C(Sc2ccc(NC(=O)C3CC=CCC3C(=O)O)cc2)c2ccccc2)c(C)c1. The van der Waals surface area contributed by atoms with Crippen molar-refractivity contribution in [1.29, 1.82) is 0 Å². The first-order valence-corrected chi connectivity index (χ1v) is 13.1. The Morgan fingerprint density at radius 3 is 2.19 bits per heavy atom. The molecule has 190 valence electrons. The molecule has 3 N–H and O–H groups in total. The van der Waals surface area contributed by atoms with Crippen LogP contribution in [0.25, 0.3) is 0 Å². The van der Waals surface area contributed by atoms with Gasteiger partial charge in [-0.2, -0.15) is 0 Å². The van der Waals surface area contributed by atoms with E-state index in [4.69, 9.17) is 0 Å². The fraction of sp³-hybridized carbons (Fsp3) is 0.233. The van der Waals surface area contributed by atoms with E-state index in [1.54, 1.807) is 12.1 Å². The average molecular weight is 515 g/mol. The van der Waals surface area contributed by atoms with Crippen LogP contribution >= 0.6 is 11.8 Å². The van der Waals surface area contributed by atoms with Gasteiger partial charge in [-0.15, -0.1) is 11.8 Å². The third kappa shape index (κ3) is 6.68. The highest BCUT2D eigenvalue weighted by atomic mass is 32.2. The fourth-order valence-corrected chi connectivity index (χ4v) is 5.44. The largest absolute Gasteiger partial charge is 0.481 e. The number of thioether (sulfide) groups is 1. The van der Waals surface area contributed by atoms with E-state index in [0.717, 1.165) is 27.3 Å². The summed E-state index contributed by atoms with van der Waals surface area (Å²) in [6.45, 7) is 3.99. The molecule has 0 heterocycles. The first-order valence-electron chi connectivity index (χ1n) is 12.2. The number of anilines is 2. The van der Waals surface area contributed by atoms with Crippen molar-refractivity contribution in [3.63, 3.8) is 0 Å². The lowest BCUT2D eigenvalue weighted by Crippen LogP contribution is -2.34. The second-order valence-electron chi connectivity index (χ2n) is 9.22. The van der Waals surface area contributed by atoms with Crippen molar-refractivity contribution in [3.8, 4) is 0 Å². The summed E-state index contributed by atoms with van der Waals surface area (Å²) in [5, 5.41) is 14.9. The Hall–Kier alpha value is -3.84. The molecule has 3 aromatic rings. The molecule has 3 aromatic carbocycles. The maximum atomic E-state index is 13.4. The van der Waals surface area contributed by atoms with Crippen molar-refractivity contribution < 1.29 is 19.5 Å². The van der Waals surface area contributed by atoms with Gasteiger partial charge in [-0.05, 0) is 68.1 Å². The van der Waals surface area contributed by atoms with Gasteiger partial charge in [0.2, 0.25) is 11.8 Å². The van der Waals surface area contributed by atoms with E-state index in [1.807, 2.05) is 86.7 Å². The number of amides is 2. The predicted octanol–water partition coefficient (Wildman–Crippen LogP) is 6.38.